The second kappa shape index (κ2) is 3.50. The average Bonchev–Trinajstić information content (AvgIpc) is 3.01. The average molecular weight is 193 g/mol. The Morgan fingerprint density at radius 2 is 2.21 bits per heavy atom. The van der Waals surface area contributed by atoms with E-state index in [1.807, 2.05) is 6.07 Å². The summed E-state index contributed by atoms with van der Waals surface area (Å²) >= 11 is 0. The van der Waals surface area contributed by atoms with E-state index >= 15 is 0 Å². The zero-order valence-corrected chi connectivity index (χ0v) is 8.23. The minimum absolute atomic E-state index is 0.0508. The molecule has 14 heavy (non-hydrogen) atoms. The number of nitrogens with two attached hydrogens (primary N) is 1. The van der Waals surface area contributed by atoms with Gasteiger partial charge in [0.2, 0.25) is 0 Å². The highest BCUT2D eigenvalue weighted by Gasteiger charge is 2.31. The van der Waals surface area contributed by atoms with Gasteiger partial charge in [0.05, 0.1) is 7.11 Å². The summed E-state index contributed by atoms with van der Waals surface area (Å²) in [7, 11) is 1.61. The highest BCUT2D eigenvalue weighted by molar-refractivity contribution is 5.41. The highest BCUT2D eigenvalue weighted by atomic mass is 16.5. The fraction of sp³-hybridized carbons (Fsp3) is 0.455. The van der Waals surface area contributed by atoms with Crippen molar-refractivity contribution in [1.29, 1.82) is 0 Å². The van der Waals surface area contributed by atoms with Crippen LogP contribution in [0.3, 0.4) is 0 Å². The Kier molecular flexibility index (Phi) is 2.33. The lowest BCUT2D eigenvalue weighted by atomic mass is 10.0. The molecule has 0 heterocycles. The van der Waals surface area contributed by atoms with E-state index in [-0.39, 0.29) is 11.8 Å². The van der Waals surface area contributed by atoms with Crippen molar-refractivity contribution < 1.29 is 9.84 Å². The minimum atomic E-state index is -0.0508. The normalized spacial score (nSPS) is 17.9. The van der Waals surface area contributed by atoms with Crippen LogP contribution in [-0.2, 0) is 0 Å². The Morgan fingerprint density at radius 3 is 2.79 bits per heavy atom. The second-order valence-electron chi connectivity index (χ2n) is 3.79. The first-order valence-corrected chi connectivity index (χ1v) is 4.85. The van der Waals surface area contributed by atoms with Crippen LogP contribution in [0.4, 0.5) is 0 Å². The van der Waals surface area contributed by atoms with Gasteiger partial charge < -0.3 is 15.6 Å². The van der Waals surface area contributed by atoms with Gasteiger partial charge in [-0.05, 0) is 37.0 Å². The van der Waals surface area contributed by atoms with E-state index in [2.05, 4.69) is 0 Å². The summed E-state index contributed by atoms with van der Waals surface area (Å²) in [6, 6.07) is 5.14. The van der Waals surface area contributed by atoms with Gasteiger partial charge in [0, 0.05) is 11.6 Å². The number of rotatable bonds is 3. The molecule has 3 heteroatoms. The smallest absolute Gasteiger partial charge is 0.120 e. The molecule has 1 aromatic rings. The molecule has 0 amide bonds. The quantitative estimate of drug-likeness (QED) is 0.769. The van der Waals surface area contributed by atoms with Gasteiger partial charge in [-0.1, -0.05) is 0 Å². The Morgan fingerprint density at radius 1 is 1.50 bits per heavy atom. The molecule has 2 rings (SSSR count). The Hall–Kier alpha value is -1.22. The lowest BCUT2D eigenvalue weighted by molar-refractivity contribution is 0.408. The number of hydrogen-bond acceptors (Lipinski definition) is 3. The van der Waals surface area contributed by atoms with Crippen molar-refractivity contribution in [2.45, 2.75) is 18.9 Å². The SMILES string of the molecule is COc1ccc(O)c([C@@H](N)C2CC2)c1. The monoisotopic (exact) mass is 193 g/mol. The lowest BCUT2D eigenvalue weighted by Crippen LogP contribution is -2.12. The molecule has 1 aromatic carbocycles. The summed E-state index contributed by atoms with van der Waals surface area (Å²) < 4.78 is 5.09. The van der Waals surface area contributed by atoms with Crippen molar-refractivity contribution in [3.8, 4) is 11.5 Å². The van der Waals surface area contributed by atoms with Crippen LogP contribution < -0.4 is 10.5 Å². The molecule has 0 aromatic heterocycles. The molecule has 1 aliphatic rings. The summed E-state index contributed by atoms with van der Waals surface area (Å²) in [5, 5.41) is 9.64. The van der Waals surface area contributed by atoms with Crippen molar-refractivity contribution in [3.05, 3.63) is 23.8 Å². The van der Waals surface area contributed by atoms with Gasteiger partial charge >= 0.3 is 0 Å². The number of phenolic OH excluding ortho intramolecular Hbond substituents is 1. The number of hydrogen-bond donors (Lipinski definition) is 2. The molecule has 1 fully saturated rings. The maximum Gasteiger partial charge on any atom is 0.120 e. The van der Waals surface area contributed by atoms with E-state index in [1.165, 1.54) is 0 Å². The molecular formula is C11H15NO2. The van der Waals surface area contributed by atoms with Crippen molar-refractivity contribution >= 4 is 0 Å². The van der Waals surface area contributed by atoms with Gasteiger partial charge in [-0.2, -0.15) is 0 Å². The first-order chi connectivity index (χ1) is 6.72. The number of methoxy groups -OCH3 is 1. The molecule has 3 N–H and O–H groups in total. The van der Waals surface area contributed by atoms with E-state index in [4.69, 9.17) is 10.5 Å². The van der Waals surface area contributed by atoms with Crippen LogP contribution in [0.15, 0.2) is 18.2 Å². The molecule has 0 aliphatic heterocycles. The van der Waals surface area contributed by atoms with E-state index in [0.29, 0.717) is 5.92 Å². The number of ether oxygens (including phenoxy) is 1. The standard InChI is InChI=1S/C11H15NO2/c1-14-8-4-5-10(13)9(6-8)11(12)7-2-3-7/h4-7,11,13H,2-3,12H2,1H3/t11-/m0/s1. The predicted molar refractivity (Wildman–Crippen MR) is 54.3 cm³/mol. The van der Waals surface area contributed by atoms with Crippen LogP contribution in [0.25, 0.3) is 0 Å². The predicted octanol–water partition coefficient (Wildman–Crippen LogP) is 1.81. The summed E-state index contributed by atoms with van der Waals surface area (Å²) in [5.74, 6) is 1.55. The topological polar surface area (TPSA) is 55.5 Å². The fourth-order valence-corrected chi connectivity index (χ4v) is 1.64. The van der Waals surface area contributed by atoms with Crippen LogP contribution >= 0.6 is 0 Å². The van der Waals surface area contributed by atoms with Crippen LogP contribution in [0.5, 0.6) is 11.5 Å². The Balaban J connectivity index is 2.29. The zero-order valence-electron chi connectivity index (χ0n) is 8.23. The maximum absolute atomic E-state index is 9.64. The molecule has 76 valence electrons. The van der Waals surface area contributed by atoms with Crippen LogP contribution in [-0.4, -0.2) is 12.2 Å². The van der Waals surface area contributed by atoms with Gasteiger partial charge in [-0.3, -0.25) is 0 Å². The number of aromatic hydroxyl groups is 1. The summed E-state index contributed by atoms with van der Waals surface area (Å²) in [4.78, 5) is 0. The largest absolute Gasteiger partial charge is 0.508 e. The van der Waals surface area contributed by atoms with Crippen molar-refractivity contribution in [2.75, 3.05) is 7.11 Å². The van der Waals surface area contributed by atoms with Gasteiger partial charge in [0.1, 0.15) is 11.5 Å². The van der Waals surface area contributed by atoms with Crippen LogP contribution in [0.2, 0.25) is 0 Å². The Bertz CT molecular complexity index is 334. The molecule has 0 bridgehead atoms. The molecule has 1 saturated carbocycles. The molecule has 0 saturated heterocycles. The Labute approximate surface area is 83.5 Å². The second-order valence-corrected chi connectivity index (χ2v) is 3.79. The molecular weight excluding hydrogens is 178 g/mol. The first kappa shape index (κ1) is 9.34. The van der Waals surface area contributed by atoms with Gasteiger partial charge in [-0.15, -0.1) is 0 Å². The molecule has 0 radical (unpaired) electrons. The van der Waals surface area contributed by atoms with E-state index in [9.17, 15) is 5.11 Å². The van der Waals surface area contributed by atoms with E-state index in [1.54, 1.807) is 19.2 Å². The number of phenols is 1. The molecule has 0 spiro atoms. The van der Waals surface area contributed by atoms with E-state index in [0.717, 1.165) is 24.2 Å². The van der Waals surface area contributed by atoms with Crippen molar-refractivity contribution in [1.82, 2.24) is 0 Å². The molecule has 1 atom stereocenters. The summed E-state index contributed by atoms with van der Waals surface area (Å²) in [6.07, 6.45) is 2.33. The van der Waals surface area contributed by atoms with Crippen molar-refractivity contribution in [2.24, 2.45) is 11.7 Å². The lowest BCUT2D eigenvalue weighted by Gasteiger charge is -2.13. The summed E-state index contributed by atoms with van der Waals surface area (Å²) in [6.45, 7) is 0. The number of benzene rings is 1. The zero-order chi connectivity index (χ0) is 10.1. The molecule has 0 unspecified atom stereocenters. The van der Waals surface area contributed by atoms with E-state index < -0.39 is 0 Å². The minimum Gasteiger partial charge on any atom is -0.508 e. The third-order valence-corrected chi connectivity index (χ3v) is 2.72. The maximum atomic E-state index is 9.64. The van der Waals surface area contributed by atoms with Crippen molar-refractivity contribution in [3.63, 3.8) is 0 Å². The van der Waals surface area contributed by atoms with Gasteiger partial charge in [-0.25, -0.2) is 0 Å². The van der Waals surface area contributed by atoms with Crippen LogP contribution in [0, 0.1) is 5.92 Å². The highest BCUT2D eigenvalue weighted by Crippen LogP contribution is 2.42. The molecule has 1 aliphatic carbocycles. The molecule has 3 nitrogen and oxygen atoms in total. The van der Waals surface area contributed by atoms with Gasteiger partial charge in [0.25, 0.3) is 0 Å². The third kappa shape index (κ3) is 1.68. The first-order valence-electron chi connectivity index (χ1n) is 4.85. The third-order valence-electron chi connectivity index (χ3n) is 2.72. The van der Waals surface area contributed by atoms with Gasteiger partial charge in [0.15, 0.2) is 0 Å². The van der Waals surface area contributed by atoms with Crippen LogP contribution in [0.1, 0.15) is 24.4 Å². The fourth-order valence-electron chi connectivity index (χ4n) is 1.64. The summed E-state index contributed by atoms with van der Waals surface area (Å²) in [5.41, 5.74) is 6.81.